The van der Waals surface area contributed by atoms with Crippen molar-refractivity contribution in [3.8, 4) is 0 Å². The molecule has 0 aliphatic rings. The molecule has 0 fully saturated rings. The number of furan rings is 1. The number of hydrogen-bond donors (Lipinski definition) is 0. The van der Waals surface area contributed by atoms with Gasteiger partial charge < -0.3 is 9.32 Å². The predicted octanol–water partition coefficient (Wildman–Crippen LogP) is 3.42. The molecule has 4 heterocycles. The lowest BCUT2D eigenvalue weighted by Crippen LogP contribution is -2.30. The molecule has 1 aromatic carbocycles. The average molecular weight is 398 g/mol. The summed E-state index contributed by atoms with van der Waals surface area (Å²) in [4.78, 5) is 19.0. The maximum absolute atomic E-state index is 13.3. The number of aromatic nitrogens is 5. The van der Waals surface area contributed by atoms with Crippen LogP contribution in [0.15, 0.2) is 71.6 Å². The largest absolute Gasteiger partial charge is 0.467 e. The summed E-state index contributed by atoms with van der Waals surface area (Å²) in [5, 5.41) is 13.3. The van der Waals surface area contributed by atoms with E-state index in [0.29, 0.717) is 30.1 Å². The maximum atomic E-state index is 13.3. The number of benzene rings is 1. The lowest BCUT2D eigenvalue weighted by atomic mass is 10.1. The van der Waals surface area contributed by atoms with Crippen LogP contribution in [-0.2, 0) is 13.1 Å². The van der Waals surface area contributed by atoms with E-state index >= 15 is 0 Å². The minimum absolute atomic E-state index is 0.144. The molecular weight excluding hydrogens is 380 g/mol. The van der Waals surface area contributed by atoms with Gasteiger partial charge in [-0.15, -0.1) is 5.10 Å². The van der Waals surface area contributed by atoms with Gasteiger partial charge in [0, 0.05) is 23.3 Å². The molecule has 0 radical (unpaired) electrons. The van der Waals surface area contributed by atoms with Crippen molar-refractivity contribution in [1.29, 1.82) is 0 Å². The van der Waals surface area contributed by atoms with Gasteiger partial charge in [0.25, 0.3) is 5.91 Å². The van der Waals surface area contributed by atoms with Crippen LogP contribution in [0.25, 0.3) is 16.6 Å². The summed E-state index contributed by atoms with van der Waals surface area (Å²) in [6.07, 6.45) is 4.81. The standard InChI is InChI=1S/C22H18N6O2/c1-15-5-2-6-16-11-18(21-24-25-26-28(21)20(15)16)13-27(14-19-8-4-10-30-19)22(29)17-7-3-9-23-12-17/h2-12H,13-14H2,1H3. The van der Waals surface area contributed by atoms with Crippen LogP contribution in [0.1, 0.15) is 27.2 Å². The third-order valence-corrected chi connectivity index (χ3v) is 5.05. The second-order valence-electron chi connectivity index (χ2n) is 7.08. The number of hydrogen-bond acceptors (Lipinski definition) is 6. The number of carbonyl (C=O) groups is 1. The summed E-state index contributed by atoms with van der Waals surface area (Å²) >= 11 is 0. The molecule has 5 rings (SSSR count). The van der Waals surface area contributed by atoms with Crippen molar-refractivity contribution in [3.63, 3.8) is 0 Å². The van der Waals surface area contributed by atoms with Gasteiger partial charge in [0.05, 0.1) is 30.4 Å². The topological polar surface area (TPSA) is 89.4 Å². The number of aryl methyl sites for hydroxylation is 1. The first kappa shape index (κ1) is 18.0. The van der Waals surface area contributed by atoms with E-state index in [1.807, 2.05) is 43.3 Å². The van der Waals surface area contributed by atoms with E-state index in [9.17, 15) is 4.79 Å². The number of para-hydroxylation sites is 1. The Balaban J connectivity index is 1.59. The first-order valence-electron chi connectivity index (χ1n) is 9.52. The van der Waals surface area contributed by atoms with Crippen LogP contribution >= 0.6 is 0 Å². The Kier molecular flexibility index (Phi) is 4.44. The van der Waals surface area contributed by atoms with E-state index in [1.54, 1.807) is 40.2 Å². The minimum Gasteiger partial charge on any atom is -0.467 e. The van der Waals surface area contributed by atoms with Gasteiger partial charge in [-0.3, -0.25) is 9.78 Å². The van der Waals surface area contributed by atoms with Crippen molar-refractivity contribution < 1.29 is 9.21 Å². The summed E-state index contributed by atoms with van der Waals surface area (Å²) in [7, 11) is 0. The van der Waals surface area contributed by atoms with E-state index in [1.165, 1.54) is 0 Å². The molecule has 4 aromatic heterocycles. The first-order valence-corrected chi connectivity index (χ1v) is 9.52. The summed E-state index contributed by atoms with van der Waals surface area (Å²) in [6, 6.07) is 15.2. The third-order valence-electron chi connectivity index (χ3n) is 5.05. The van der Waals surface area contributed by atoms with Crippen LogP contribution < -0.4 is 0 Å². The van der Waals surface area contributed by atoms with Crippen molar-refractivity contribution >= 4 is 22.5 Å². The number of carbonyl (C=O) groups excluding carboxylic acids is 1. The zero-order chi connectivity index (χ0) is 20.5. The molecule has 5 aromatic rings. The fourth-order valence-electron chi connectivity index (χ4n) is 3.66. The molecule has 0 aliphatic heterocycles. The van der Waals surface area contributed by atoms with Gasteiger partial charge in [0.1, 0.15) is 5.76 Å². The Morgan fingerprint density at radius 1 is 1.13 bits per heavy atom. The van der Waals surface area contributed by atoms with Crippen LogP contribution in [-0.4, -0.2) is 35.8 Å². The molecule has 1 amide bonds. The molecule has 0 atom stereocenters. The SMILES string of the molecule is Cc1cccc2cc(CN(Cc3ccco3)C(=O)c3cccnc3)c3nnnn3c12. The van der Waals surface area contributed by atoms with Crippen LogP contribution in [0.3, 0.4) is 0 Å². The highest BCUT2D eigenvalue weighted by Crippen LogP contribution is 2.24. The highest BCUT2D eigenvalue weighted by Gasteiger charge is 2.21. The van der Waals surface area contributed by atoms with Gasteiger partial charge in [-0.2, -0.15) is 4.52 Å². The highest BCUT2D eigenvalue weighted by atomic mass is 16.3. The smallest absolute Gasteiger partial charge is 0.256 e. The van der Waals surface area contributed by atoms with Crippen molar-refractivity contribution in [3.05, 3.63) is 89.6 Å². The molecule has 0 spiro atoms. The molecule has 0 unspecified atom stereocenters. The van der Waals surface area contributed by atoms with E-state index in [4.69, 9.17) is 4.42 Å². The zero-order valence-corrected chi connectivity index (χ0v) is 16.3. The van der Waals surface area contributed by atoms with Gasteiger partial charge in [-0.05, 0) is 53.2 Å². The number of nitrogens with zero attached hydrogens (tertiary/aromatic N) is 6. The Labute approximate surface area is 171 Å². The van der Waals surface area contributed by atoms with Gasteiger partial charge >= 0.3 is 0 Å². The normalized spacial score (nSPS) is 11.2. The fourth-order valence-corrected chi connectivity index (χ4v) is 3.66. The minimum atomic E-state index is -0.144. The van der Waals surface area contributed by atoms with E-state index in [2.05, 4.69) is 20.5 Å². The number of pyridine rings is 2. The van der Waals surface area contributed by atoms with E-state index < -0.39 is 0 Å². The van der Waals surface area contributed by atoms with Crippen molar-refractivity contribution in [2.24, 2.45) is 0 Å². The monoisotopic (exact) mass is 398 g/mol. The van der Waals surface area contributed by atoms with E-state index in [-0.39, 0.29) is 5.91 Å². The maximum Gasteiger partial charge on any atom is 0.256 e. The van der Waals surface area contributed by atoms with Crippen LogP contribution in [0.4, 0.5) is 0 Å². The molecule has 8 heteroatoms. The highest BCUT2D eigenvalue weighted by molar-refractivity contribution is 5.94. The van der Waals surface area contributed by atoms with Crippen molar-refractivity contribution in [1.82, 2.24) is 29.9 Å². The average Bonchev–Trinajstić information content (AvgIpc) is 3.45. The van der Waals surface area contributed by atoms with E-state index in [0.717, 1.165) is 22.0 Å². The van der Waals surface area contributed by atoms with Crippen LogP contribution in [0.5, 0.6) is 0 Å². The summed E-state index contributed by atoms with van der Waals surface area (Å²) < 4.78 is 7.23. The quantitative estimate of drug-likeness (QED) is 0.451. The molecule has 0 saturated heterocycles. The van der Waals surface area contributed by atoms with Gasteiger partial charge in [0.2, 0.25) is 0 Å². The van der Waals surface area contributed by atoms with Crippen molar-refractivity contribution in [2.75, 3.05) is 0 Å². The Morgan fingerprint density at radius 2 is 2.07 bits per heavy atom. The number of tetrazole rings is 1. The fraction of sp³-hybridized carbons (Fsp3) is 0.136. The van der Waals surface area contributed by atoms with Crippen LogP contribution in [0, 0.1) is 6.92 Å². The molecule has 0 N–H and O–H groups in total. The molecule has 0 bridgehead atoms. The lowest BCUT2D eigenvalue weighted by Gasteiger charge is -2.22. The van der Waals surface area contributed by atoms with Gasteiger partial charge in [0.15, 0.2) is 5.65 Å². The second kappa shape index (κ2) is 7.40. The summed E-state index contributed by atoms with van der Waals surface area (Å²) in [6.45, 7) is 2.67. The zero-order valence-electron chi connectivity index (χ0n) is 16.3. The van der Waals surface area contributed by atoms with Gasteiger partial charge in [-0.1, -0.05) is 18.2 Å². The molecule has 30 heavy (non-hydrogen) atoms. The lowest BCUT2D eigenvalue weighted by molar-refractivity contribution is 0.0718. The first-order chi connectivity index (χ1) is 14.7. The Hall–Kier alpha value is -4.07. The number of amides is 1. The second-order valence-corrected chi connectivity index (χ2v) is 7.08. The third kappa shape index (κ3) is 3.18. The Bertz CT molecular complexity index is 1330. The van der Waals surface area contributed by atoms with Gasteiger partial charge in [-0.25, -0.2) is 0 Å². The molecular formula is C22H18N6O2. The molecule has 0 aliphatic carbocycles. The number of fused-ring (bicyclic) bond motifs is 3. The number of rotatable bonds is 5. The molecule has 0 saturated carbocycles. The van der Waals surface area contributed by atoms with Crippen molar-refractivity contribution in [2.45, 2.75) is 20.0 Å². The predicted molar refractivity (Wildman–Crippen MR) is 110 cm³/mol. The molecule has 8 nitrogen and oxygen atoms in total. The summed E-state index contributed by atoms with van der Waals surface area (Å²) in [5.41, 5.74) is 4.02. The van der Waals surface area contributed by atoms with Crippen LogP contribution in [0.2, 0.25) is 0 Å². The summed E-state index contributed by atoms with van der Waals surface area (Å²) in [5.74, 6) is 0.550. The Morgan fingerprint density at radius 3 is 2.87 bits per heavy atom. The molecule has 148 valence electrons.